The van der Waals surface area contributed by atoms with Crippen molar-refractivity contribution in [1.29, 1.82) is 0 Å². The van der Waals surface area contributed by atoms with Crippen LogP contribution in [-0.4, -0.2) is 5.11 Å². The Hall–Kier alpha value is -1.12. The van der Waals surface area contributed by atoms with E-state index in [0.717, 1.165) is 15.6 Å². The standard InChI is InChI=1S/C15H15BrO/c1-11-5-4-7-13(9-11)15(17)10-12-6-2-3-8-14(12)16/h2-9,15,17H,10H2,1H3. The van der Waals surface area contributed by atoms with Crippen LogP contribution in [0.2, 0.25) is 0 Å². The highest BCUT2D eigenvalue weighted by Crippen LogP contribution is 2.24. The van der Waals surface area contributed by atoms with E-state index in [-0.39, 0.29) is 0 Å². The summed E-state index contributed by atoms with van der Waals surface area (Å²) in [7, 11) is 0. The number of halogens is 1. The summed E-state index contributed by atoms with van der Waals surface area (Å²) in [6.07, 6.45) is 0.179. The summed E-state index contributed by atoms with van der Waals surface area (Å²) in [6.45, 7) is 2.04. The minimum absolute atomic E-state index is 0.450. The fourth-order valence-electron chi connectivity index (χ4n) is 1.87. The number of hydrogen-bond donors (Lipinski definition) is 1. The average molecular weight is 291 g/mol. The molecule has 0 fully saturated rings. The van der Waals surface area contributed by atoms with E-state index in [2.05, 4.69) is 15.9 Å². The number of aryl methyl sites for hydroxylation is 1. The molecule has 0 radical (unpaired) electrons. The molecule has 0 aliphatic heterocycles. The van der Waals surface area contributed by atoms with E-state index in [1.54, 1.807) is 0 Å². The van der Waals surface area contributed by atoms with Crippen molar-refractivity contribution in [2.75, 3.05) is 0 Å². The van der Waals surface area contributed by atoms with Gasteiger partial charge in [0.25, 0.3) is 0 Å². The second kappa shape index (κ2) is 5.48. The minimum Gasteiger partial charge on any atom is -0.388 e. The predicted molar refractivity (Wildman–Crippen MR) is 74.0 cm³/mol. The van der Waals surface area contributed by atoms with Crippen LogP contribution < -0.4 is 0 Å². The molecule has 88 valence electrons. The summed E-state index contributed by atoms with van der Waals surface area (Å²) in [5.74, 6) is 0. The highest BCUT2D eigenvalue weighted by Gasteiger charge is 2.10. The number of aliphatic hydroxyl groups is 1. The Labute approximate surface area is 110 Å². The number of benzene rings is 2. The Bertz CT molecular complexity index is 508. The third-order valence-electron chi connectivity index (χ3n) is 2.80. The lowest BCUT2D eigenvalue weighted by molar-refractivity contribution is 0.178. The number of rotatable bonds is 3. The van der Waals surface area contributed by atoms with E-state index in [4.69, 9.17) is 0 Å². The summed E-state index contributed by atoms with van der Waals surface area (Å²) >= 11 is 3.50. The van der Waals surface area contributed by atoms with Crippen LogP contribution in [0, 0.1) is 6.92 Å². The molecule has 17 heavy (non-hydrogen) atoms. The quantitative estimate of drug-likeness (QED) is 0.905. The minimum atomic E-state index is -0.450. The van der Waals surface area contributed by atoms with Gasteiger partial charge in [-0.25, -0.2) is 0 Å². The largest absolute Gasteiger partial charge is 0.388 e. The molecule has 2 aromatic carbocycles. The summed E-state index contributed by atoms with van der Waals surface area (Å²) in [5, 5.41) is 10.2. The molecule has 1 nitrogen and oxygen atoms in total. The van der Waals surface area contributed by atoms with Crippen molar-refractivity contribution >= 4 is 15.9 Å². The van der Waals surface area contributed by atoms with Gasteiger partial charge in [0.1, 0.15) is 0 Å². The lowest BCUT2D eigenvalue weighted by Crippen LogP contribution is -2.02. The predicted octanol–water partition coefficient (Wildman–Crippen LogP) is 4.03. The van der Waals surface area contributed by atoms with E-state index >= 15 is 0 Å². The molecule has 0 aliphatic rings. The Kier molecular flexibility index (Phi) is 3.97. The number of aliphatic hydroxyl groups excluding tert-OH is 1. The summed E-state index contributed by atoms with van der Waals surface area (Å²) in [5.41, 5.74) is 3.27. The van der Waals surface area contributed by atoms with Crippen molar-refractivity contribution in [1.82, 2.24) is 0 Å². The van der Waals surface area contributed by atoms with Crippen molar-refractivity contribution in [3.63, 3.8) is 0 Å². The topological polar surface area (TPSA) is 20.2 Å². The molecular formula is C15H15BrO. The molecule has 2 heteroatoms. The van der Waals surface area contributed by atoms with Gasteiger partial charge in [0.15, 0.2) is 0 Å². The molecule has 1 atom stereocenters. The monoisotopic (exact) mass is 290 g/mol. The SMILES string of the molecule is Cc1cccc(C(O)Cc2ccccc2Br)c1. The third-order valence-corrected chi connectivity index (χ3v) is 3.57. The Morgan fingerprint density at radius 2 is 1.88 bits per heavy atom. The molecule has 0 amide bonds. The summed E-state index contributed by atoms with van der Waals surface area (Å²) < 4.78 is 1.05. The zero-order valence-corrected chi connectivity index (χ0v) is 11.3. The van der Waals surface area contributed by atoms with Crippen molar-refractivity contribution in [3.05, 3.63) is 69.7 Å². The average Bonchev–Trinajstić information content (AvgIpc) is 2.32. The zero-order valence-electron chi connectivity index (χ0n) is 9.73. The Morgan fingerprint density at radius 1 is 1.12 bits per heavy atom. The lowest BCUT2D eigenvalue weighted by atomic mass is 10.0. The summed E-state index contributed by atoms with van der Waals surface area (Å²) in [4.78, 5) is 0. The van der Waals surface area contributed by atoms with Gasteiger partial charge in [0.05, 0.1) is 6.10 Å². The molecule has 1 unspecified atom stereocenters. The van der Waals surface area contributed by atoms with Crippen LogP contribution >= 0.6 is 15.9 Å². The second-order valence-electron chi connectivity index (χ2n) is 4.23. The van der Waals surface area contributed by atoms with Crippen molar-refractivity contribution in [2.45, 2.75) is 19.4 Å². The maximum Gasteiger partial charge on any atom is 0.0830 e. The highest BCUT2D eigenvalue weighted by atomic mass is 79.9. The molecule has 0 aliphatic carbocycles. The first-order chi connectivity index (χ1) is 8.16. The Morgan fingerprint density at radius 3 is 2.59 bits per heavy atom. The molecule has 1 N–H and O–H groups in total. The lowest BCUT2D eigenvalue weighted by Gasteiger charge is -2.12. The van der Waals surface area contributed by atoms with Crippen molar-refractivity contribution < 1.29 is 5.11 Å². The molecule has 0 saturated carbocycles. The van der Waals surface area contributed by atoms with Gasteiger partial charge in [0, 0.05) is 10.9 Å². The first-order valence-electron chi connectivity index (χ1n) is 5.65. The van der Waals surface area contributed by atoms with Crippen LogP contribution in [0.25, 0.3) is 0 Å². The van der Waals surface area contributed by atoms with Crippen molar-refractivity contribution in [2.24, 2.45) is 0 Å². The van der Waals surface area contributed by atoms with E-state index in [0.29, 0.717) is 6.42 Å². The zero-order chi connectivity index (χ0) is 12.3. The van der Waals surface area contributed by atoms with Crippen molar-refractivity contribution in [3.8, 4) is 0 Å². The van der Waals surface area contributed by atoms with Gasteiger partial charge in [-0.1, -0.05) is 64.0 Å². The van der Waals surface area contributed by atoms with Crippen LogP contribution in [0.3, 0.4) is 0 Å². The molecule has 0 aromatic heterocycles. The molecule has 0 saturated heterocycles. The van der Waals surface area contributed by atoms with E-state index in [9.17, 15) is 5.11 Å². The number of hydrogen-bond acceptors (Lipinski definition) is 1. The normalized spacial score (nSPS) is 12.4. The second-order valence-corrected chi connectivity index (χ2v) is 5.08. The highest BCUT2D eigenvalue weighted by molar-refractivity contribution is 9.10. The summed E-state index contributed by atoms with van der Waals surface area (Å²) in [6, 6.07) is 16.0. The molecule has 2 aromatic rings. The van der Waals surface area contributed by atoms with Gasteiger partial charge in [-0.05, 0) is 24.1 Å². The van der Waals surface area contributed by atoms with Crippen LogP contribution in [0.4, 0.5) is 0 Å². The van der Waals surface area contributed by atoms with Crippen LogP contribution in [0.1, 0.15) is 22.8 Å². The van der Waals surface area contributed by atoms with E-state index in [1.165, 1.54) is 5.56 Å². The van der Waals surface area contributed by atoms with E-state index < -0.39 is 6.10 Å². The molecular weight excluding hydrogens is 276 g/mol. The maximum atomic E-state index is 10.2. The van der Waals surface area contributed by atoms with Gasteiger partial charge in [-0.3, -0.25) is 0 Å². The Balaban J connectivity index is 2.17. The molecule has 0 spiro atoms. The van der Waals surface area contributed by atoms with Gasteiger partial charge in [0.2, 0.25) is 0 Å². The fraction of sp³-hybridized carbons (Fsp3) is 0.200. The molecule has 0 heterocycles. The molecule has 0 bridgehead atoms. The van der Waals surface area contributed by atoms with Gasteiger partial charge in [-0.15, -0.1) is 0 Å². The third kappa shape index (κ3) is 3.18. The fourth-order valence-corrected chi connectivity index (χ4v) is 2.31. The first-order valence-corrected chi connectivity index (χ1v) is 6.44. The maximum absolute atomic E-state index is 10.2. The van der Waals surface area contributed by atoms with Gasteiger partial charge in [-0.2, -0.15) is 0 Å². The molecule has 2 rings (SSSR count). The van der Waals surface area contributed by atoms with E-state index in [1.807, 2.05) is 55.5 Å². The van der Waals surface area contributed by atoms with Crippen LogP contribution in [-0.2, 0) is 6.42 Å². The van der Waals surface area contributed by atoms with Crippen LogP contribution in [0.5, 0.6) is 0 Å². The first kappa shape index (κ1) is 12.3. The smallest absolute Gasteiger partial charge is 0.0830 e. The van der Waals surface area contributed by atoms with Crippen LogP contribution in [0.15, 0.2) is 53.0 Å². The van der Waals surface area contributed by atoms with Gasteiger partial charge >= 0.3 is 0 Å². The van der Waals surface area contributed by atoms with Gasteiger partial charge < -0.3 is 5.11 Å².